The number of carboxylic acid groups (broad SMARTS) is 1. The molecule has 0 saturated heterocycles. The molecule has 2 aliphatic carbocycles. The van der Waals surface area contributed by atoms with Crippen molar-refractivity contribution in [2.45, 2.75) is 66.6 Å². The summed E-state index contributed by atoms with van der Waals surface area (Å²) >= 11 is 0. The number of nitrogens with zero attached hydrogens (tertiary/aromatic N) is 1. The summed E-state index contributed by atoms with van der Waals surface area (Å²) in [4.78, 5) is 29.3. The summed E-state index contributed by atoms with van der Waals surface area (Å²) < 4.78 is 0. The van der Waals surface area contributed by atoms with Crippen molar-refractivity contribution in [3.63, 3.8) is 0 Å². The highest BCUT2D eigenvalue weighted by Crippen LogP contribution is 2.54. The lowest BCUT2D eigenvalue weighted by Gasteiger charge is -2.50. The highest BCUT2D eigenvalue weighted by atomic mass is 16.7. The van der Waals surface area contributed by atoms with Crippen LogP contribution in [0.15, 0.2) is 52.7 Å². The van der Waals surface area contributed by atoms with E-state index in [-0.39, 0.29) is 34.6 Å². The molecule has 0 spiro atoms. The Kier molecular flexibility index (Phi) is 7.12. The number of oxime groups is 1. The van der Waals surface area contributed by atoms with Crippen LogP contribution in [0.1, 0.15) is 70.7 Å². The first kappa shape index (κ1) is 24.7. The number of fused-ring (bicyclic) bond motifs is 1. The van der Waals surface area contributed by atoms with Crippen LogP contribution in [0.4, 0.5) is 5.69 Å². The molecular weight excluding hydrogens is 420 g/mol. The van der Waals surface area contributed by atoms with Crippen molar-refractivity contribution in [2.24, 2.45) is 21.9 Å². The van der Waals surface area contributed by atoms with Gasteiger partial charge in [-0.2, -0.15) is 0 Å². The number of allylic oxidation sites excluding steroid dienone is 3. The average molecular weight is 455 g/mol. The number of carboxylic acids is 1. The maximum Gasteiger partial charge on any atom is 0.335 e. The number of anilines is 1. The third-order valence-corrected chi connectivity index (χ3v) is 6.72. The van der Waals surface area contributed by atoms with E-state index >= 15 is 0 Å². The van der Waals surface area contributed by atoms with Gasteiger partial charge in [0, 0.05) is 18.0 Å². The Morgan fingerprint density at radius 3 is 2.42 bits per heavy atom. The van der Waals surface area contributed by atoms with Gasteiger partial charge in [-0.25, -0.2) is 4.79 Å². The molecule has 0 bridgehead atoms. The quantitative estimate of drug-likeness (QED) is 0.390. The zero-order chi connectivity index (χ0) is 24.4. The zero-order valence-corrected chi connectivity index (χ0v) is 20.0. The number of aromatic carboxylic acids is 1. The van der Waals surface area contributed by atoms with Crippen LogP contribution in [0.3, 0.4) is 0 Å². The molecule has 3 N–H and O–H groups in total. The van der Waals surface area contributed by atoms with Crippen LogP contribution in [-0.2, 0) is 9.63 Å². The third kappa shape index (κ3) is 5.53. The van der Waals surface area contributed by atoms with E-state index in [4.69, 9.17) is 9.94 Å². The molecule has 1 fully saturated rings. The van der Waals surface area contributed by atoms with Gasteiger partial charge in [0.15, 0.2) is 0 Å². The lowest BCUT2D eigenvalue weighted by molar-refractivity contribution is -0.115. The number of hydrogen-bond donors (Lipinski definition) is 3. The summed E-state index contributed by atoms with van der Waals surface area (Å²) in [7, 11) is 0. The minimum atomic E-state index is -1.02. The van der Waals surface area contributed by atoms with Crippen LogP contribution in [0.25, 0.3) is 0 Å². The summed E-state index contributed by atoms with van der Waals surface area (Å²) in [5.74, 6) is -1.28. The maximum absolute atomic E-state index is 12.9. The Labute approximate surface area is 195 Å². The maximum atomic E-state index is 12.9. The summed E-state index contributed by atoms with van der Waals surface area (Å²) in [5, 5.41) is 26.2. The number of carbonyl (C=O) groups is 2. The van der Waals surface area contributed by atoms with Gasteiger partial charge in [-0.15, -0.1) is 0 Å². The predicted octanol–water partition coefficient (Wildman–Crippen LogP) is 5.14. The van der Waals surface area contributed by atoms with Crippen molar-refractivity contribution in [3.05, 3.63) is 53.1 Å². The largest absolute Gasteiger partial charge is 0.478 e. The normalized spacial score (nSPS) is 23.1. The molecule has 2 unspecified atom stereocenters. The molecule has 3 rings (SSSR count). The first-order valence-electron chi connectivity index (χ1n) is 11.4. The molecule has 0 aromatic heterocycles. The fourth-order valence-electron chi connectivity index (χ4n) is 4.56. The van der Waals surface area contributed by atoms with E-state index in [2.05, 4.69) is 44.2 Å². The molecule has 0 heterocycles. The van der Waals surface area contributed by atoms with Gasteiger partial charge in [-0.3, -0.25) is 4.79 Å². The van der Waals surface area contributed by atoms with Crippen molar-refractivity contribution in [3.8, 4) is 0 Å². The second kappa shape index (κ2) is 9.51. The van der Waals surface area contributed by atoms with Crippen molar-refractivity contribution in [1.82, 2.24) is 0 Å². The number of aliphatic hydroxyl groups excluding tert-OH is 1. The van der Waals surface area contributed by atoms with Crippen molar-refractivity contribution < 1.29 is 24.6 Å². The van der Waals surface area contributed by atoms with Gasteiger partial charge in [-0.1, -0.05) is 57.5 Å². The smallest absolute Gasteiger partial charge is 0.335 e. The van der Waals surface area contributed by atoms with Crippen LogP contribution in [0, 0.1) is 16.7 Å². The first-order valence-corrected chi connectivity index (χ1v) is 11.4. The minimum absolute atomic E-state index is 0.000501. The van der Waals surface area contributed by atoms with Gasteiger partial charge in [0.25, 0.3) is 0 Å². The van der Waals surface area contributed by atoms with Crippen LogP contribution in [0.2, 0.25) is 0 Å². The molecule has 7 heteroatoms. The minimum Gasteiger partial charge on any atom is -0.478 e. The molecule has 2 atom stereocenters. The molecule has 0 radical (unpaired) electrons. The van der Waals surface area contributed by atoms with Crippen molar-refractivity contribution in [2.75, 3.05) is 5.32 Å². The number of benzene rings is 1. The standard InChI is InChI=1S/C26H34N2O5/c1-6-21(30)33-28-23-17(9-12-19-22(23)26(4,5)14-13-25(19,2)3)15-20(29)27-18-10-7-16(8-11-18)24(31)32/h7-12,21-22,30H,6,13-15H2,1-5H3,(H,27,29)(H,31,32). The molecule has 1 amide bonds. The third-order valence-electron chi connectivity index (χ3n) is 6.72. The number of aliphatic hydroxyl groups is 1. The molecule has 33 heavy (non-hydrogen) atoms. The van der Waals surface area contributed by atoms with E-state index < -0.39 is 12.3 Å². The number of nitrogens with one attached hydrogen (secondary N) is 1. The Morgan fingerprint density at radius 1 is 1.15 bits per heavy atom. The second-order valence-electron chi connectivity index (χ2n) is 10.2. The lowest BCUT2D eigenvalue weighted by atomic mass is 9.54. The Morgan fingerprint density at radius 2 is 1.82 bits per heavy atom. The molecule has 1 aromatic rings. The number of carbonyl (C=O) groups excluding carboxylic acids is 1. The highest BCUT2D eigenvalue weighted by molar-refractivity contribution is 6.09. The molecule has 0 aliphatic heterocycles. The lowest BCUT2D eigenvalue weighted by Crippen LogP contribution is -2.44. The second-order valence-corrected chi connectivity index (χ2v) is 10.2. The summed E-state index contributed by atoms with van der Waals surface area (Å²) in [5.41, 5.74) is 3.30. The average Bonchev–Trinajstić information content (AvgIpc) is 2.75. The highest BCUT2D eigenvalue weighted by Gasteiger charge is 2.48. The number of rotatable bonds is 7. The monoisotopic (exact) mass is 454 g/mol. The number of hydrogen-bond acceptors (Lipinski definition) is 5. The van der Waals surface area contributed by atoms with E-state index in [9.17, 15) is 14.7 Å². The van der Waals surface area contributed by atoms with Gasteiger partial charge >= 0.3 is 5.97 Å². The van der Waals surface area contributed by atoms with Crippen molar-refractivity contribution in [1.29, 1.82) is 0 Å². The van der Waals surface area contributed by atoms with Crippen LogP contribution >= 0.6 is 0 Å². The first-order chi connectivity index (χ1) is 15.4. The van der Waals surface area contributed by atoms with Gasteiger partial charge in [0.1, 0.15) is 0 Å². The number of amides is 1. The zero-order valence-electron chi connectivity index (χ0n) is 20.0. The Balaban J connectivity index is 1.89. The van der Waals surface area contributed by atoms with E-state index in [0.717, 1.165) is 18.4 Å². The van der Waals surface area contributed by atoms with E-state index in [1.165, 1.54) is 17.7 Å². The topological polar surface area (TPSA) is 108 Å². The van der Waals surface area contributed by atoms with Gasteiger partial charge < -0.3 is 20.4 Å². The molecule has 178 valence electrons. The molecule has 1 saturated carbocycles. The van der Waals surface area contributed by atoms with E-state index in [1.807, 2.05) is 13.0 Å². The van der Waals surface area contributed by atoms with Gasteiger partial charge in [0.05, 0.1) is 17.7 Å². The molecule has 2 aliphatic rings. The fourth-order valence-corrected chi connectivity index (χ4v) is 4.56. The molecule has 1 aromatic carbocycles. The summed E-state index contributed by atoms with van der Waals surface area (Å²) in [6.45, 7) is 10.7. The van der Waals surface area contributed by atoms with E-state index in [1.54, 1.807) is 12.1 Å². The predicted molar refractivity (Wildman–Crippen MR) is 128 cm³/mol. The SMILES string of the molecule is CCC(O)ON=C1C(CC(=O)Nc2ccc(C(=O)O)cc2)=CC=C2C1C(C)(C)CCC2(C)C. The van der Waals surface area contributed by atoms with Gasteiger partial charge in [-0.05, 0) is 53.5 Å². The van der Waals surface area contributed by atoms with Crippen LogP contribution < -0.4 is 5.32 Å². The van der Waals surface area contributed by atoms with Crippen LogP contribution in [-0.4, -0.2) is 34.1 Å². The molecular formula is C26H34N2O5. The Bertz CT molecular complexity index is 1000. The summed E-state index contributed by atoms with van der Waals surface area (Å²) in [6.07, 6.45) is 5.60. The van der Waals surface area contributed by atoms with E-state index in [0.29, 0.717) is 17.8 Å². The van der Waals surface area contributed by atoms with Gasteiger partial charge in [0.2, 0.25) is 12.2 Å². The fraction of sp³-hybridized carbons (Fsp3) is 0.500. The Hall–Kier alpha value is -2.93. The van der Waals surface area contributed by atoms with Crippen LogP contribution in [0.5, 0.6) is 0 Å². The summed E-state index contributed by atoms with van der Waals surface area (Å²) in [6, 6.07) is 6.03. The van der Waals surface area contributed by atoms with Crippen molar-refractivity contribution >= 4 is 23.3 Å². The molecule has 7 nitrogen and oxygen atoms in total.